The van der Waals surface area contributed by atoms with E-state index in [1.165, 1.54) is 0 Å². The summed E-state index contributed by atoms with van der Waals surface area (Å²) >= 11 is 5.86. The monoisotopic (exact) mass is 411 g/mol. The van der Waals surface area contributed by atoms with Gasteiger partial charge in [-0.3, -0.25) is 4.68 Å². The summed E-state index contributed by atoms with van der Waals surface area (Å²) in [5.41, 5.74) is 1.27. The maximum Gasteiger partial charge on any atom is 0.246 e. The number of aryl methyl sites for hydroxylation is 2. The number of sulfonamides is 1. The first-order valence-electron chi connectivity index (χ1n) is 9.32. The zero-order chi connectivity index (χ0) is 19.4. The number of hydrogen-bond acceptors (Lipinski definition) is 4. The number of nitrogens with zero attached hydrogens (tertiary/aromatic N) is 3. The van der Waals surface area contributed by atoms with E-state index in [2.05, 4.69) is 5.10 Å². The third-order valence-electron chi connectivity index (χ3n) is 4.82. The Morgan fingerprint density at radius 2 is 1.78 bits per heavy atom. The number of benzene rings is 1. The average molecular weight is 412 g/mol. The van der Waals surface area contributed by atoms with Gasteiger partial charge in [-0.15, -0.1) is 0 Å². The van der Waals surface area contributed by atoms with Crippen LogP contribution in [0, 0.1) is 13.8 Å². The molecule has 27 heavy (non-hydrogen) atoms. The van der Waals surface area contributed by atoms with Gasteiger partial charge in [0.25, 0.3) is 0 Å². The molecule has 0 spiro atoms. The minimum atomic E-state index is -3.47. The first-order valence-corrected chi connectivity index (χ1v) is 11.1. The number of ether oxygens (including phenoxy) is 1. The highest BCUT2D eigenvalue weighted by Gasteiger charge is 2.31. The maximum absolute atomic E-state index is 13.0. The summed E-state index contributed by atoms with van der Waals surface area (Å²) in [7, 11) is -3.47. The SMILES string of the molecule is Cc1nn(CCCOc2ccc(Cl)cc2)c(C)c1S(=O)(=O)N1CCCCC1. The van der Waals surface area contributed by atoms with Crippen LogP contribution >= 0.6 is 11.6 Å². The average Bonchev–Trinajstić information content (AvgIpc) is 2.95. The number of aromatic nitrogens is 2. The Balaban J connectivity index is 1.64. The molecule has 0 amide bonds. The summed E-state index contributed by atoms with van der Waals surface area (Å²) in [6.45, 7) is 5.92. The second-order valence-electron chi connectivity index (χ2n) is 6.84. The van der Waals surface area contributed by atoms with Gasteiger partial charge < -0.3 is 4.74 Å². The molecule has 3 rings (SSSR count). The van der Waals surface area contributed by atoms with Gasteiger partial charge >= 0.3 is 0 Å². The van der Waals surface area contributed by atoms with E-state index in [1.54, 1.807) is 28.0 Å². The van der Waals surface area contributed by atoms with Gasteiger partial charge in [-0.25, -0.2) is 8.42 Å². The van der Waals surface area contributed by atoms with E-state index in [-0.39, 0.29) is 0 Å². The first-order chi connectivity index (χ1) is 12.9. The Labute approximate surface area is 166 Å². The fourth-order valence-corrected chi connectivity index (χ4v) is 5.46. The molecule has 0 radical (unpaired) electrons. The lowest BCUT2D eigenvalue weighted by Gasteiger charge is -2.26. The molecule has 1 aliphatic rings. The zero-order valence-corrected chi connectivity index (χ0v) is 17.4. The normalized spacial score (nSPS) is 15.8. The molecule has 0 N–H and O–H groups in total. The Hall–Kier alpha value is -1.57. The summed E-state index contributed by atoms with van der Waals surface area (Å²) in [6, 6.07) is 7.23. The van der Waals surface area contributed by atoms with E-state index in [1.807, 2.05) is 19.1 Å². The van der Waals surface area contributed by atoms with Gasteiger partial charge in [0, 0.05) is 31.1 Å². The molecule has 0 saturated carbocycles. The van der Waals surface area contributed by atoms with Crippen LogP contribution < -0.4 is 4.74 Å². The molecule has 6 nitrogen and oxygen atoms in total. The molecular formula is C19H26ClN3O3S. The quantitative estimate of drug-likeness (QED) is 0.650. The molecule has 0 aliphatic carbocycles. The Kier molecular flexibility index (Phi) is 6.44. The summed E-state index contributed by atoms with van der Waals surface area (Å²) in [5.74, 6) is 0.765. The molecule has 148 valence electrons. The van der Waals surface area contributed by atoms with E-state index in [4.69, 9.17) is 16.3 Å². The third-order valence-corrected chi connectivity index (χ3v) is 7.23. The summed E-state index contributed by atoms with van der Waals surface area (Å²) in [6.07, 6.45) is 3.67. The van der Waals surface area contributed by atoms with Crippen LogP contribution in [0.4, 0.5) is 0 Å². The maximum atomic E-state index is 13.0. The standard InChI is InChI=1S/C19H26ClN3O3S/c1-15-19(27(24,25)22-11-4-3-5-12-22)16(2)23(21-15)13-6-14-26-18-9-7-17(20)8-10-18/h7-10H,3-6,11-14H2,1-2H3. The molecule has 0 atom stereocenters. The van der Waals surface area contributed by atoms with E-state index in [0.717, 1.165) is 31.4 Å². The lowest BCUT2D eigenvalue weighted by molar-refractivity contribution is 0.298. The van der Waals surface area contributed by atoms with Crippen LogP contribution in [0.3, 0.4) is 0 Å². The number of hydrogen-bond donors (Lipinski definition) is 0. The fraction of sp³-hybridized carbons (Fsp3) is 0.526. The Morgan fingerprint density at radius 3 is 2.44 bits per heavy atom. The minimum absolute atomic E-state index is 0.364. The Bertz CT molecular complexity index is 872. The number of halogens is 1. The predicted molar refractivity (Wildman–Crippen MR) is 106 cm³/mol. The fourth-order valence-electron chi connectivity index (χ4n) is 3.44. The van der Waals surface area contributed by atoms with Gasteiger partial charge in [0.15, 0.2) is 0 Å². The second-order valence-corrected chi connectivity index (χ2v) is 9.15. The van der Waals surface area contributed by atoms with Gasteiger partial charge in [0.2, 0.25) is 10.0 Å². The van der Waals surface area contributed by atoms with Crippen LogP contribution in [0.2, 0.25) is 5.02 Å². The van der Waals surface area contributed by atoms with E-state index in [9.17, 15) is 8.42 Å². The third kappa shape index (κ3) is 4.65. The van der Waals surface area contributed by atoms with Crippen molar-refractivity contribution in [3.63, 3.8) is 0 Å². The van der Waals surface area contributed by atoms with Crippen LogP contribution in [0.15, 0.2) is 29.2 Å². The molecule has 1 aromatic heterocycles. The number of rotatable bonds is 7. The van der Waals surface area contributed by atoms with Crippen molar-refractivity contribution in [2.75, 3.05) is 19.7 Å². The molecule has 0 bridgehead atoms. The lowest BCUT2D eigenvalue weighted by Crippen LogP contribution is -2.36. The molecule has 1 fully saturated rings. The van der Waals surface area contributed by atoms with Crippen LogP contribution in [-0.2, 0) is 16.6 Å². The van der Waals surface area contributed by atoms with E-state index in [0.29, 0.717) is 47.5 Å². The predicted octanol–water partition coefficient (Wildman–Crippen LogP) is 3.80. The van der Waals surface area contributed by atoms with E-state index >= 15 is 0 Å². The highest BCUT2D eigenvalue weighted by atomic mass is 35.5. The van der Waals surface area contributed by atoms with Crippen molar-refractivity contribution in [3.8, 4) is 5.75 Å². The largest absolute Gasteiger partial charge is 0.494 e. The molecular weight excluding hydrogens is 386 g/mol. The smallest absolute Gasteiger partial charge is 0.246 e. The highest BCUT2D eigenvalue weighted by Crippen LogP contribution is 2.26. The van der Waals surface area contributed by atoms with Crippen LogP contribution in [0.1, 0.15) is 37.1 Å². The van der Waals surface area contributed by atoms with Crippen molar-refractivity contribution in [1.82, 2.24) is 14.1 Å². The highest BCUT2D eigenvalue weighted by molar-refractivity contribution is 7.89. The van der Waals surface area contributed by atoms with Crippen molar-refractivity contribution in [2.24, 2.45) is 0 Å². The van der Waals surface area contributed by atoms with Gasteiger partial charge in [0.05, 0.1) is 18.0 Å². The topological polar surface area (TPSA) is 64.4 Å². The van der Waals surface area contributed by atoms with Crippen molar-refractivity contribution in [3.05, 3.63) is 40.7 Å². The molecule has 2 aromatic rings. The van der Waals surface area contributed by atoms with Crippen molar-refractivity contribution in [2.45, 2.75) is 51.0 Å². The van der Waals surface area contributed by atoms with Gasteiger partial charge in [-0.05, 0) is 51.0 Å². The lowest BCUT2D eigenvalue weighted by atomic mass is 10.2. The molecule has 1 aliphatic heterocycles. The molecule has 0 unspecified atom stereocenters. The van der Waals surface area contributed by atoms with Crippen molar-refractivity contribution < 1.29 is 13.2 Å². The van der Waals surface area contributed by atoms with Crippen LogP contribution in [-0.4, -0.2) is 42.2 Å². The van der Waals surface area contributed by atoms with Crippen molar-refractivity contribution in [1.29, 1.82) is 0 Å². The molecule has 1 saturated heterocycles. The van der Waals surface area contributed by atoms with Crippen molar-refractivity contribution >= 4 is 21.6 Å². The van der Waals surface area contributed by atoms with Gasteiger partial charge in [0.1, 0.15) is 10.6 Å². The van der Waals surface area contributed by atoms with E-state index < -0.39 is 10.0 Å². The molecule has 1 aromatic carbocycles. The Morgan fingerprint density at radius 1 is 1.11 bits per heavy atom. The molecule has 8 heteroatoms. The van der Waals surface area contributed by atoms with Gasteiger partial charge in [-0.2, -0.15) is 9.40 Å². The second kappa shape index (κ2) is 8.63. The molecule has 2 heterocycles. The van der Waals surface area contributed by atoms with Gasteiger partial charge in [-0.1, -0.05) is 18.0 Å². The van der Waals surface area contributed by atoms with Crippen LogP contribution in [0.5, 0.6) is 5.75 Å². The van der Waals surface area contributed by atoms with Crippen LogP contribution in [0.25, 0.3) is 0 Å². The minimum Gasteiger partial charge on any atom is -0.494 e. The summed E-state index contributed by atoms with van der Waals surface area (Å²) in [4.78, 5) is 0.364. The number of piperidine rings is 1. The summed E-state index contributed by atoms with van der Waals surface area (Å²) in [5, 5.41) is 5.14. The first kappa shape index (κ1) is 20.2. The summed E-state index contributed by atoms with van der Waals surface area (Å²) < 4.78 is 35.1. The zero-order valence-electron chi connectivity index (χ0n) is 15.8.